The summed E-state index contributed by atoms with van der Waals surface area (Å²) in [6.07, 6.45) is 1.72. The molecule has 0 atom stereocenters. The molecule has 0 fully saturated rings. The number of carbonyl (C=O) groups excluding carboxylic acids is 1. The van der Waals surface area contributed by atoms with E-state index in [1.165, 1.54) is 0 Å². The first-order valence-corrected chi connectivity index (χ1v) is 9.52. The van der Waals surface area contributed by atoms with Crippen molar-refractivity contribution in [2.45, 2.75) is 26.2 Å². The van der Waals surface area contributed by atoms with Crippen molar-refractivity contribution >= 4 is 11.6 Å². The van der Waals surface area contributed by atoms with Gasteiger partial charge >= 0.3 is 0 Å². The van der Waals surface area contributed by atoms with E-state index in [9.17, 15) is 4.79 Å². The van der Waals surface area contributed by atoms with E-state index in [1.54, 1.807) is 22.6 Å². The summed E-state index contributed by atoms with van der Waals surface area (Å²) in [4.78, 5) is 12.9. The molecule has 2 aromatic heterocycles. The lowest BCUT2D eigenvalue weighted by atomic mass is 9.92. The number of carbonyl (C=O) groups is 1. The highest BCUT2D eigenvalue weighted by molar-refractivity contribution is 6.03. The van der Waals surface area contributed by atoms with Crippen LogP contribution in [0.4, 0.5) is 5.69 Å². The van der Waals surface area contributed by atoms with Crippen molar-refractivity contribution in [3.63, 3.8) is 0 Å². The van der Waals surface area contributed by atoms with Gasteiger partial charge in [-0.2, -0.15) is 10.2 Å². The fourth-order valence-electron chi connectivity index (χ4n) is 2.98. The molecule has 8 nitrogen and oxygen atoms in total. The lowest BCUT2D eigenvalue weighted by Gasteiger charge is -2.14. The molecule has 1 aromatic carbocycles. The Labute approximate surface area is 170 Å². The zero-order valence-corrected chi connectivity index (χ0v) is 17.6. The van der Waals surface area contributed by atoms with Crippen LogP contribution in [0.25, 0.3) is 11.3 Å². The highest BCUT2D eigenvalue weighted by Gasteiger charge is 2.22. The first kappa shape index (κ1) is 20.6. The van der Waals surface area contributed by atoms with E-state index < -0.39 is 0 Å². The summed E-state index contributed by atoms with van der Waals surface area (Å²) < 4.78 is 9.14. The molecule has 0 saturated carbocycles. The van der Waals surface area contributed by atoms with Crippen molar-refractivity contribution in [1.82, 2.24) is 19.6 Å². The van der Waals surface area contributed by atoms with Crippen LogP contribution in [-0.2, 0) is 19.5 Å². The summed E-state index contributed by atoms with van der Waals surface area (Å²) >= 11 is 0. The molecule has 2 heterocycles. The third kappa shape index (κ3) is 4.48. The Morgan fingerprint density at radius 2 is 1.93 bits per heavy atom. The first-order valence-electron chi connectivity index (χ1n) is 9.52. The van der Waals surface area contributed by atoms with Crippen LogP contribution < -0.4 is 15.8 Å². The van der Waals surface area contributed by atoms with Crippen molar-refractivity contribution < 1.29 is 9.53 Å². The van der Waals surface area contributed by atoms with E-state index in [0.29, 0.717) is 30.3 Å². The topological polar surface area (TPSA) is 100.0 Å². The smallest absolute Gasteiger partial charge is 0.273 e. The van der Waals surface area contributed by atoms with Gasteiger partial charge in [-0.3, -0.25) is 14.2 Å². The second-order valence-corrected chi connectivity index (χ2v) is 7.93. The van der Waals surface area contributed by atoms with Crippen LogP contribution in [0.15, 0.2) is 36.5 Å². The summed E-state index contributed by atoms with van der Waals surface area (Å²) in [6, 6.07) is 9.24. The normalized spacial score (nSPS) is 11.5. The lowest BCUT2D eigenvalue weighted by molar-refractivity contribution is 0.101. The monoisotopic (exact) mass is 396 g/mol. The number of anilines is 1. The van der Waals surface area contributed by atoms with Gasteiger partial charge < -0.3 is 15.8 Å². The molecule has 0 aliphatic heterocycles. The fraction of sp³-hybridized carbons (Fsp3) is 0.381. The number of hydrogen-bond acceptors (Lipinski definition) is 5. The fourth-order valence-corrected chi connectivity index (χ4v) is 2.98. The maximum atomic E-state index is 12.9. The van der Waals surface area contributed by atoms with Gasteiger partial charge in [0.25, 0.3) is 5.91 Å². The number of nitrogens with zero attached hydrogens (tertiary/aromatic N) is 4. The molecule has 3 aromatic rings. The van der Waals surface area contributed by atoms with Crippen LogP contribution in [-0.4, -0.2) is 38.6 Å². The number of amides is 1. The number of aromatic nitrogens is 4. The summed E-state index contributed by atoms with van der Waals surface area (Å²) in [5, 5.41) is 11.7. The van der Waals surface area contributed by atoms with Gasteiger partial charge in [-0.15, -0.1) is 0 Å². The minimum absolute atomic E-state index is 0.134. The number of nitrogens with one attached hydrogen (secondary N) is 1. The largest absolute Gasteiger partial charge is 0.492 e. The Morgan fingerprint density at radius 1 is 1.17 bits per heavy atom. The molecule has 3 rings (SSSR count). The van der Waals surface area contributed by atoms with Crippen LogP contribution in [0, 0.1) is 0 Å². The van der Waals surface area contributed by atoms with Crippen LogP contribution >= 0.6 is 0 Å². The first-order chi connectivity index (χ1) is 13.7. The molecule has 29 heavy (non-hydrogen) atoms. The minimum atomic E-state index is -0.220. The van der Waals surface area contributed by atoms with E-state index in [1.807, 2.05) is 37.4 Å². The van der Waals surface area contributed by atoms with E-state index in [4.69, 9.17) is 10.5 Å². The molecule has 0 radical (unpaired) electrons. The quantitative estimate of drug-likeness (QED) is 0.667. The summed E-state index contributed by atoms with van der Waals surface area (Å²) in [7, 11) is 3.63. The van der Waals surface area contributed by atoms with Gasteiger partial charge in [-0.05, 0) is 30.3 Å². The van der Waals surface area contributed by atoms with Crippen LogP contribution in [0.2, 0.25) is 0 Å². The van der Waals surface area contributed by atoms with Crippen LogP contribution in [0.5, 0.6) is 5.75 Å². The van der Waals surface area contributed by atoms with Crippen LogP contribution in [0.1, 0.15) is 37.0 Å². The highest BCUT2D eigenvalue weighted by Crippen LogP contribution is 2.32. The number of nitrogens with two attached hydrogens (primary N) is 1. The number of benzene rings is 1. The second-order valence-electron chi connectivity index (χ2n) is 7.93. The van der Waals surface area contributed by atoms with Gasteiger partial charge in [0.1, 0.15) is 18.1 Å². The SMILES string of the molecule is Cn1nc(C(C)(C)C)cc1C(=O)Nc1ccc(OCCN)c(-c2ccnn2C)c1. The van der Waals surface area contributed by atoms with Gasteiger partial charge in [0.05, 0.1) is 11.4 Å². The van der Waals surface area contributed by atoms with Crippen molar-refractivity contribution in [1.29, 1.82) is 0 Å². The number of rotatable bonds is 6. The third-order valence-corrected chi connectivity index (χ3v) is 4.59. The molecule has 154 valence electrons. The van der Waals surface area contributed by atoms with Gasteiger partial charge in [-0.25, -0.2) is 0 Å². The maximum Gasteiger partial charge on any atom is 0.273 e. The van der Waals surface area contributed by atoms with E-state index in [-0.39, 0.29) is 11.3 Å². The van der Waals surface area contributed by atoms with Crippen molar-refractivity contribution in [3.05, 3.63) is 47.9 Å². The Bertz CT molecular complexity index is 1010. The lowest BCUT2D eigenvalue weighted by Crippen LogP contribution is -2.16. The minimum Gasteiger partial charge on any atom is -0.492 e. The molecule has 1 amide bonds. The highest BCUT2D eigenvalue weighted by atomic mass is 16.5. The summed E-state index contributed by atoms with van der Waals surface area (Å²) in [6.45, 7) is 7.02. The summed E-state index contributed by atoms with van der Waals surface area (Å²) in [5.74, 6) is 0.467. The second kappa shape index (κ2) is 8.08. The molecule has 0 aliphatic rings. The zero-order valence-electron chi connectivity index (χ0n) is 17.6. The molecule has 8 heteroatoms. The standard InChI is InChI=1S/C21H28N6O2/c1-21(2,3)19-13-17(27(5)25-19)20(28)24-14-6-7-18(29-11-9-22)15(12-14)16-8-10-23-26(16)4/h6-8,10,12-13H,9,11,22H2,1-5H3,(H,24,28). The molecular weight excluding hydrogens is 368 g/mol. The zero-order chi connectivity index (χ0) is 21.2. The predicted octanol–water partition coefficient (Wildman–Crippen LogP) is 2.71. The molecule has 0 saturated heterocycles. The number of ether oxygens (including phenoxy) is 1. The van der Waals surface area contributed by atoms with Gasteiger partial charge in [-0.1, -0.05) is 20.8 Å². The van der Waals surface area contributed by atoms with E-state index in [0.717, 1.165) is 17.0 Å². The Morgan fingerprint density at radius 3 is 2.52 bits per heavy atom. The van der Waals surface area contributed by atoms with Gasteiger partial charge in [0.15, 0.2) is 0 Å². The van der Waals surface area contributed by atoms with Gasteiger partial charge in [0, 0.05) is 43.5 Å². The Balaban J connectivity index is 1.91. The Kier molecular flexibility index (Phi) is 5.74. The van der Waals surface area contributed by atoms with Gasteiger partial charge in [0.2, 0.25) is 0 Å². The Hall–Kier alpha value is -3.13. The molecule has 0 spiro atoms. The average molecular weight is 396 g/mol. The maximum absolute atomic E-state index is 12.9. The van der Waals surface area contributed by atoms with E-state index in [2.05, 4.69) is 36.3 Å². The summed E-state index contributed by atoms with van der Waals surface area (Å²) in [5.41, 5.74) is 9.17. The average Bonchev–Trinajstić information content (AvgIpc) is 3.26. The van der Waals surface area contributed by atoms with Crippen molar-refractivity contribution in [2.24, 2.45) is 19.8 Å². The molecular formula is C21H28N6O2. The molecule has 3 N–H and O–H groups in total. The predicted molar refractivity (Wildman–Crippen MR) is 113 cm³/mol. The molecule has 0 unspecified atom stereocenters. The third-order valence-electron chi connectivity index (χ3n) is 4.59. The van der Waals surface area contributed by atoms with Crippen LogP contribution in [0.3, 0.4) is 0 Å². The molecule has 0 bridgehead atoms. The van der Waals surface area contributed by atoms with Crippen molar-refractivity contribution in [3.8, 4) is 17.0 Å². The van der Waals surface area contributed by atoms with Crippen molar-refractivity contribution in [2.75, 3.05) is 18.5 Å². The number of aryl methyl sites for hydroxylation is 2. The molecule has 0 aliphatic carbocycles. The van der Waals surface area contributed by atoms with E-state index >= 15 is 0 Å². The number of hydrogen-bond donors (Lipinski definition) is 2.